The fourth-order valence-electron chi connectivity index (χ4n) is 2.92. The van der Waals surface area contributed by atoms with Crippen molar-refractivity contribution in [2.45, 2.75) is 51.2 Å². The lowest BCUT2D eigenvalue weighted by Gasteiger charge is -2.21. The van der Waals surface area contributed by atoms with Crippen molar-refractivity contribution in [2.75, 3.05) is 6.26 Å². The standard InChI is InChI=1S/C21H27NO4S/c1-6-20(17-7-9-19(10-8-17)27(5,24)25)22-21(23)16(4)26-18-12-14(2)11-15(3)13-18/h7-13,16,20H,6H2,1-5H3,(H,22,23)/t16-,20+/m1/s1. The molecule has 27 heavy (non-hydrogen) atoms. The Kier molecular flexibility index (Phi) is 6.65. The minimum atomic E-state index is -3.24. The van der Waals surface area contributed by atoms with Crippen LogP contribution in [0.1, 0.15) is 43.0 Å². The summed E-state index contributed by atoms with van der Waals surface area (Å²) in [6, 6.07) is 12.2. The van der Waals surface area contributed by atoms with E-state index in [2.05, 4.69) is 5.32 Å². The Morgan fingerprint density at radius 2 is 1.63 bits per heavy atom. The zero-order valence-electron chi connectivity index (χ0n) is 16.4. The molecular formula is C21H27NO4S. The second kappa shape index (κ2) is 8.57. The Morgan fingerprint density at radius 3 is 2.11 bits per heavy atom. The molecule has 2 atom stereocenters. The van der Waals surface area contributed by atoms with E-state index in [4.69, 9.17) is 4.74 Å². The summed E-state index contributed by atoms with van der Waals surface area (Å²) >= 11 is 0. The Morgan fingerprint density at radius 1 is 1.07 bits per heavy atom. The SMILES string of the molecule is CC[C@H](NC(=O)[C@@H](C)Oc1cc(C)cc(C)c1)c1ccc(S(C)(=O)=O)cc1. The molecule has 1 amide bonds. The molecule has 2 aromatic carbocycles. The zero-order valence-corrected chi connectivity index (χ0v) is 17.3. The van der Waals surface area contributed by atoms with Gasteiger partial charge in [-0.1, -0.05) is 25.1 Å². The van der Waals surface area contributed by atoms with Crippen LogP contribution in [0.2, 0.25) is 0 Å². The summed E-state index contributed by atoms with van der Waals surface area (Å²) in [6.45, 7) is 7.65. The number of hydrogen-bond donors (Lipinski definition) is 1. The van der Waals surface area contributed by atoms with Gasteiger partial charge in [-0.25, -0.2) is 8.42 Å². The molecule has 0 bridgehead atoms. The van der Waals surface area contributed by atoms with Crippen molar-refractivity contribution in [3.63, 3.8) is 0 Å². The first-order valence-corrected chi connectivity index (χ1v) is 10.8. The van der Waals surface area contributed by atoms with E-state index in [1.165, 1.54) is 6.26 Å². The maximum absolute atomic E-state index is 12.6. The van der Waals surface area contributed by atoms with Crippen LogP contribution in [0.3, 0.4) is 0 Å². The summed E-state index contributed by atoms with van der Waals surface area (Å²) in [4.78, 5) is 12.8. The van der Waals surface area contributed by atoms with E-state index < -0.39 is 15.9 Å². The van der Waals surface area contributed by atoms with Crippen molar-refractivity contribution in [1.29, 1.82) is 0 Å². The van der Waals surface area contributed by atoms with Gasteiger partial charge in [-0.3, -0.25) is 4.79 Å². The van der Waals surface area contributed by atoms with Crippen molar-refractivity contribution in [3.8, 4) is 5.75 Å². The minimum Gasteiger partial charge on any atom is -0.481 e. The van der Waals surface area contributed by atoms with E-state index in [-0.39, 0.29) is 16.8 Å². The highest BCUT2D eigenvalue weighted by molar-refractivity contribution is 7.90. The van der Waals surface area contributed by atoms with Crippen LogP contribution >= 0.6 is 0 Å². The lowest BCUT2D eigenvalue weighted by molar-refractivity contribution is -0.128. The van der Waals surface area contributed by atoms with Crippen molar-refractivity contribution in [1.82, 2.24) is 5.32 Å². The van der Waals surface area contributed by atoms with Gasteiger partial charge in [0.05, 0.1) is 10.9 Å². The fourth-order valence-corrected chi connectivity index (χ4v) is 3.55. The van der Waals surface area contributed by atoms with Gasteiger partial charge >= 0.3 is 0 Å². The van der Waals surface area contributed by atoms with Crippen LogP contribution in [-0.4, -0.2) is 26.7 Å². The molecule has 0 fully saturated rings. The molecule has 2 rings (SSSR count). The summed E-state index contributed by atoms with van der Waals surface area (Å²) in [5.41, 5.74) is 3.02. The second-order valence-electron chi connectivity index (χ2n) is 6.89. The van der Waals surface area contributed by atoms with Gasteiger partial charge in [0.1, 0.15) is 5.75 Å². The Bertz CT molecular complexity index is 884. The second-order valence-corrected chi connectivity index (χ2v) is 8.91. The van der Waals surface area contributed by atoms with Crippen LogP contribution in [0.4, 0.5) is 0 Å². The number of ether oxygens (including phenoxy) is 1. The number of benzene rings is 2. The molecule has 0 radical (unpaired) electrons. The van der Waals surface area contributed by atoms with Gasteiger partial charge in [0.25, 0.3) is 5.91 Å². The number of hydrogen-bond acceptors (Lipinski definition) is 4. The molecule has 2 aromatic rings. The molecule has 146 valence electrons. The summed E-state index contributed by atoms with van der Waals surface area (Å²) < 4.78 is 29.0. The minimum absolute atomic E-state index is 0.212. The van der Waals surface area contributed by atoms with E-state index >= 15 is 0 Å². The number of rotatable bonds is 7. The maximum Gasteiger partial charge on any atom is 0.261 e. The number of aryl methyl sites for hydroxylation is 2. The van der Waals surface area contributed by atoms with Crippen molar-refractivity contribution in [2.24, 2.45) is 0 Å². The topological polar surface area (TPSA) is 72.5 Å². The van der Waals surface area contributed by atoms with E-state index in [9.17, 15) is 13.2 Å². The predicted molar refractivity (Wildman–Crippen MR) is 107 cm³/mol. The summed E-state index contributed by atoms with van der Waals surface area (Å²) in [7, 11) is -3.24. The summed E-state index contributed by atoms with van der Waals surface area (Å²) in [5, 5.41) is 2.98. The molecule has 0 unspecified atom stereocenters. The molecule has 0 aliphatic carbocycles. The van der Waals surface area contributed by atoms with Crippen molar-refractivity contribution >= 4 is 15.7 Å². The molecule has 0 spiro atoms. The van der Waals surface area contributed by atoms with Crippen LogP contribution in [0, 0.1) is 13.8 Å². The third-order valence-corrected chi connectivity index (χ3v) is 5.44. The van der Waals surface area contributed by atoms with Gasteiger partial charge in [-0.15, -0.1) is 0 Å². The largest absolute Gasteiger partial charge is 0.481 e. The summed E-state index contributed by atoms with van der Waals surface area (Å²) in [5.74, 6) is 0.453. The fraction of sp³-hybridized carbons (Fsp3) is 0.381. The van der Waals surface area contributed by atoms with Crippen LogP contribution in [-0.2, 0) is 14.6 Å². The first kappa shape index (κ1) is 21.0. The number of sulfone groups is 1. The lowest BCUT2D eigenvalue weighted by Crippen LogP contribution is -2.38. The van der Waals surface area contributed by atoms with Crippen molar-refractivity contribution in [3.05, 3.63) is 59.2 Å². The normalized spacial score (nSPS) is 13.7. The van der Waals surface area contributed by atoms with Gasteiger partial charge in [-0.2, -0.15) is 0 Å². The molecule has 0 saturated heterocycles. The third kappa shape index (κ3) is 5.82. The molecule has 5 nitrogen and oxygen atoms in total. The molecule has 0 aliphatic heterocycles. The van der Waals surface area contributed by atoms with E-state index in [1.54, 1.807) is 31.2 Å². The molecular weight excluding hydrogens is 362 g/mol. The third-order valence-electron chi connectivity index (χ3n) is 4.31. The van der Waals surface area contributed by atoms with E-state index in [1.807, 2.05) is 39.0 Å². The highest BCUT2D eigenvalue weighted by atomic mass is 32.2. The molecule has 1 N–H and O–H groups in total. The highest BCUT2D eigenvalue weighted by Gasteiger charge is 2.20. The Balaban J connectivity index is 2.07. The molecule has 0 heterocycles. The predicted octanol–water partition coefficient (Wildman–Crippen LogP) is 3.74. The maximum atomic E-state index is 12.6. The first-order valence-electron chi connectivity index (χ1n) is 8.95. The smallest absolute Gasteiger partial charge is 0.261 e. The monoisotopic (exact) mass is 389 g/mol. The van der Waals surface area contributed by atoms with E-state index in [0.29, 0.717) is 12.2 Å². The van der Waals surface area contributed by atoms with Gasteiger partial charge in [0.15, 0.2) is 15.9 Å². The number of carbonyl (C=O) groups is 1. The van der Waals surface area contributed by atoms with Crippen LogP contribution < -0.4 is 10.1 Å². The number of nitrogens with one attached hydrogen (secondary N) is 1. The van der Waals surface area contributed by atoms with Gasteiger partial charge < -0.3 is 10.1 Å². The van der Waals surface area contributed by atoms with E-state index in [0.717, 1.165) is 16.7 Å². The Labute approximate surface area is 161 Å². The molecule has 0 aliphatic rings. The molecule has 0 saturated carbocycles. The average Bonchev–Trinajstić information content (AvgIpc) is 2.57. The van der Waals surface area contributed by atoms with Gasteiger partial charge in [-0.05, 0) is 68.1 Å². The zero-order chi connectivity index (χ0) is 20.2. The molecule has 6 heteroatoms. The van der Waals surface area contributed by atoms with Crippen molar-refractivity contribution < 1.29 is 17.9 Å². The lowest BCUT2D eigenvalue weighted by atomic mass is 10.0. The summed E-state index contributed by atoms with van der Waals surface area (Å²) in [6.07, 6.45) is 1.21. The number of carbonyl (C=O) groups excluding carboxylic acids is 1. The number of amides is 1. The Hall–Kier alpha value is -2.34. The van der Waals surface area contributed by atoms with Gasteiger partial charge in [0, 0.05) is 6.26 Å². The molecule has 0 aromatic heterocycles. The van der Waals surface area contributed by atoms with Crippen LogP contribution in [0.5, 0.6) is 5.75 Å². The first-order chi connectivity index (χ1) is 12.6. The average molecular weight is 390 g/mol. The van der Waals surface area contributed by atoms with Crippen LogP contribution in [0.25, 0.3) is 0 Å². The van der Waals surface area contributed by atoms with Crippen LogP contribution in [0.15, 0.2) is 47.4 Å². The van der Waals surface area contributed by atoms with Gasteiger partial charge in [0.2, 0.25) is 0 Å². The quantitative estimate of drug-likeness (QED) is 0.783. The highest BCUT2D eigenvalue weighted by Crippen LogP contribution is 2.21.